The molecule has 3 rings (SSSR count). The van der Waals surface area contributed by atoms with Gasteiger partial charge < -0.3 is 15.0 Å². The van der Waals surface area contributed by atoms with Gasteiger partial charge in [-0.15, -0.1) is 0 Å². The molecule has 0 spiro atoms. The highest BCUT2D eigenvalue weighted by Gasteiger charge is 2.31. The van der Waals surface area contributed by atoms with Crippen molar-refractivity contribution in [3.8, 4) is 5.75 Å². The number of rotatable bonds is 10. The maximum Gasteiger partial charge on any atom is 0.243 e. The van der Waals surface area contributed by atoms with Crippen LogP contribution in [0.4, 0.5) is 0 Å². The van der Waals surface area contributed by atoms with Crippen molar-refractivity contribution in [2.24, 2.45) is 5.92 Å². The summed E-state index contributed by atoms with van der Waals surface area (Å²) in [5.41, 5.74) is 2.83. The van der Waals surface area contributed by atoms with Gasteiger partial charge in [-0.05, 0) is 34.9 Å². The first-order valence-corrected chi connectivity index (χ1v) is 11.1. The van der Waals surface area contributed by atoms with E-state index in [9.17, 15) is 9.59 Å². The average molecular weight is 446 g/mol. The molecule has 1 N–H and O–H groups in total. The van der Waals surface area contributed by atoms with Crippen LogP contribution in [-0.4, -0.2) is 34.8 Å². The van der Waals surface area contributed by atoms with Gasteiger partial charge in [-0.25, -0.2) is 0 Å². The molecule has 0 unspecified atom stereocenters. The lowest BCUT2D eigenvalue weighted by Crippen LogP contribution is -2.51. The Labute approximate surface area is 195 Å². The fourth-order valence-electron chi connectivity index (χ4n) is 3.59. The number of benzene rings is 2. The van der Waals surface area contributed by atoms with Crippen molar-refractivity contribution in [3.05, 3.63) is 95.8 Å². The summed E-state index contributed by atoms with van der Waals surface area (Å²) in [7, 11) is 1.62. The van der Waals surface area contributed by atoms with Gasteiger partial charge in [-0.3, -0.25) is 14.6 Å². The lowest BCUT2D eigenvalue weighted by Gasteiger charge is -2.33. The molecule has 172 valence electrons. The summed E-state index contributed by atoms with van der Waals surface area (Å²) in [5.74, 6) is 0.247. The predicted octanol–water partition coefficient (Wildman–Crippen LogP) is 4.00. The molecule has 6 heteroatoms. The van der Waals surface area contributed by atoms with E-state index in [-0.39, 0.29) is 17.7 Å². The molecule has 0 aliphatic carbocycles. The zero-order chi connectivity index (χ0) is 23.6. The predicted molar refractivity (Wildman–Crippen MR) is 128 cm³/mol. The highest BCUT2D eigenvalue weighted by Crippen LogP contribution is 2.19. The molecule has 2 aromatic carbocycles. The van der Waals surface area contributed by atoms with Crippen molar-refractivity contribution in [2.45, 2.75) is 39.4 Å². The van der Waals surface area contributed by atoms with Crippen molar-refractivity contribution >= 4 is 11.8 Å². The molecule has 2 amide bonds. The van der Waals surface area contributed by atoms with Gasteiger partial charge in [0.15, 0.2) is 0 Å². The second-order valence-corrected chi connectivity index (χ2v) is 8.25. The quantitative estimate of drug-likeness (QED) is 0.512. The van der Waals surface area contributed by atoms with Gasteiger partial charge in [0.25, 0.3) is 0 Å². The molecule has 0 fully saturated rings. The Morgan fingerprint density at radius 3 is 2.24 bits per heavy atom. The summed E-state index contributed by atoms with van der Waals surface area (Å²) in [6.07, 6.45) is 3.84. The minimum atomic E-state index is -0.652. The van der Waals surface area contributed by atoms with E-state index >= 15 is 0 Å². The van der Waals surface area contributed by atoms with Crippen LogP contribution < -0.4 is 10.1 Å². The lowest BCUT2D eigenvalue weighted by molar-refractivity contribution is -0.143. The fourth-order valence-corrected chi connectivity index (χ4v) is 3.59. The molecule has 0 radical (unpaired) electrons. The Kier molecular flexibility index (Phi) is 8.58. The number of ether oxygens (including phenoxy) is 1. The second-order valence-electron chi connectivity index (χ2n) is 8.25. The maximum atomic E-state index is 13.4. The molecular weight excluding hydrogens is 414 g/mol. The van der Waals surface area contributed by atoms with Crippen LogP contribution in [0.2, 0.25) is 0 Å². The minimum absolute atomic E-state index is 0.0664. The van der Waals surface area contributed by atoms with Crippen molar-refractivity contribution < 1.29 is 14.3 Å². The molecule has 6 nitrogen and oxygen atoms in total. The molecule has 1 heterocycles. The van der Waals surface area contributed by atoms with Gasteiger partial charge in [-0.2, -0.15) is 0 Å². The van der Waals surface area contributed by atoms with Crippen LogP contribution >= 0.6 is 0 Å². The van der Waals surface area contributed by atoms with Crippen molar-refractivity contribution in [3.63, 3.8) is 0 Å². The molecular formula is C27H31N3O3. The largest absolute Gasteiger partial charge is 0.497 e. The summed E-state index contributed by atoms with van der Waals surface area (Å²) >= 11 is 0. The van der Waals surface area contributed by atoms with Crippen LogP contribution in [0.15, 0.2) is 79.1 Å². The highest BCUT2D eigenvalue weighted by atomic mass is 16.5. The molecule has 0 saturated carbocycles. The third kappa shape index (κ3) is 6.91. The molecule has 1 aromatic heterocycles. The topological polar surface area (TPSA) is 71.5 Å². The Balaban J connectivity index is 1.88. The van der Waals surface area contributed by atoms with E-state index in [4.69, 9.17) is 4.74 Å². The third-order valence-corrected chi connectivity index (χ3v) is 5.43. The van der Waals surface area contributed by atoms with Crippen LogP contribution in [0.25, 0.3) is 0 Å². The van der Waals surface area contributed by atoms with E-state index in [1.54, 1.807) is 24.4 Å². The van der Waals surface area contributed by atoms with E-state index in [0.717, 1.165) is 22.4 Å². The Morgan fingerprint density at radius 1 is 0.939 bits per heavy atom. The molecule has 0 bridgehead atoms. The van der Waals surface area contributed by atoms with Crippen LogP contribution in [0.3, 0.4) is 0 Å². The Morgan fingerprint density at radius 2 is 1.64 bits per heavy atom. The van der Waals surface area contributed by atoms with Crippen LogP contribution in [0.1, 0.15) is 30.5 Å². The van der Waals surface area contributed by atoms with Crippen molar-refractivity contribution in [1.29, 1.82) is 0 Å². The summed E-state index contributed by atoms with van der Waals surface area (Å²) < 4.78 is 5.25. The van der Waals surface area contributed by atoms with Crippen LogP contribution in [0, 0.1) is 5.92 Å². The van der Waals surface area contributed by atoms with Gasteiger partial charge in [0.05, 0.1) is 7.11 Å². The van der Waals surface area contributed by atoms with E-state index in [2.05, 4.69) is 10.3 Å². The first kappa shape index (κ1) is 24.0. The molecule has 0 aliphatic rings. The smallest absolute Gasteiger partial charge is 0.243 e. The molecule has 3 aromatic rings. The summed E-state index contributed by atoms with van der Waals surface area (Å²) in [5, 5.41) is 3.00. The number of carbonyl (C=O) groups excluding carboxylic acids is 2. The van der Waals surface area contributed by atoms with Gasteiger partial charge in [0.1, 0.15) is 11.8 Å². The second kappa shape index (κ2) is 11.8. The number of hydrogen-bond donors (Lipinski definition) is 1. The highest BCUT2D eigenvalue weighted by molar-refractivity contribution is 5.88. The Hall–Kier alpha value is -3.67. The summed E-state index contributed by atoms with van der Waals surface area (Å²) in [4.78, 5) is 32.5. The number of hydrogen-bond acceptors (Lipinski definition) is 4. The third-order valence-electron chi connectivity index (χ3n) is 5.43. The van der Waals surface area contributed by atoms with E-state index in [1.807, 2.05) is 80.6 Å². The van der Waals surface area contributed by atoms with E-state index in [1.165, 1.54) is 0 Å². The Bertz CT molecular complexity index is 1020. The van der Waals surface area contributed by atoms with Gasteiger partial charge in [0.2, 0.25) is 11.8 Å². The monoisotopic (exact) mass is 445 g/mol. The van der Waals surface area contributed by atoms with E-state index in [0.29, 0.717) is 19.5 Å². The fraction of sp³-hybridized carbons (Fsp3) is 0.296. The SMILES string of the molecule is COc1ccc(CN(C(=O)C(C)C)[C@H](Cc2ccccc2)C(=O)NCc2cccnc2)cc1. The number of aromatic nitrogens is 1. The number of carbonyl (C=O) groups is 2. The first-order chi connectivity index (χ1) is 16.0. The summed E-state index contributed by atoms with van der Waals surface area (Å²) in [6, 6.07) is 20.4. The average Bonchev–Trinajstić information content (AvgIpc) is 2.85. The molecule has 0 saturated heterocycles. The first-order valence-electron chi connectivity index (χ1n) is 11.1. The van der Waals surface area contributed by atoms with Gasteiger partial charge in [-0.1, -0.05) is 62.4 Å². The van der Waals surface area contributed by atoms with Gasteiger partial charge >= 0.3 is 0 Å². The van der Waals surface area contributed by atoms with Crippen molar-refractivity contribution in [1.82, 2.24) is 15.2 Å². The van der Waals surface area contributed by atoms with Crippen LogP contribution in [-0.2, 0) is 29.1 Å². The number of amides is 2. The number of nitrogens with zero attached hydrogens (tertiary/aromatic N) is 2. The molecule has 0 aliphatic heterocycles. The zero-order valence-corrected chi connectivity index (χ0v) is 19.4. The summed E-state index contributed by atoms with van der Waals surface area (Å²) in [6.45, 7) is 4.40. The number of nitrogens with one attached hydrogen (secondary N) is 1. The number of methoxy groups -OCH3 is 1. The normalized spacial score (nSPS) is 11.6. The van der Waals surface area contributed by atoms with E-state index < -0.39 is 6.04 Å². The van der Waals surface area contributed by atoms with Crippen LogP contribution in [0.5, 0.6) is 5.75 Å². The van der Waals surface area contributed by atoms with Gasteiger partial charge in [0, 0.05) is 37.8 Å². The standard InChI is InChI=1S/C27H31N3O3/c1-20(2)27(32)30(19-22-11-13-24(33-3)14-12-22)25(16-21-8-5-4-6-9-21)26(31)29-18-23-10-7-15-28-17-23/h4-15,17,20,25H,16,18-19H2,1-3H3,(H,29,31)/t25-/m1/s1. The molecule has 33 heavy (non-hydrogen) atoms. The van der Waals surface area contributed by atoms with Crippen molar-refractivity contribution in [2.75, 3.05) is 7.11 Å². The zero-order valence-electron chi connectivity index (χ0n) is 19.4. The number of pyridine rings is 1. The minimum Gasteiger partial charge on any atom is -0.497 e. The maximum absolute atomic E-state index is 13.4. The molecule has 1 atom stereocenters. The lowest BCUT2D eigenvalue weighted by atomic mass is 10.0.